The fraction of sp³-hybridized carbons (Fsp3) is 0.105. The van der Waals surface area contributed by atoms with Crippen molar-refractivity contribution in [3.8, 4) is 0 Å². The Bertz CT molecular complexity index is 856. The van der Waals surface area contributed by atoms with Crippen molar-refractivity contribution < 1.29 is 13.9 Å². The van der Waals surface area contributed by atoms with Gasteiger partial charge in [-0.3, -0.25) is 0 Å². The number of ether oxygens (including phenoxy) is 1. The molecule has 0 aliphatic carbocycles. The van der Waals surface area contributed by atoms with E-state index in [0.717, 1.165) is 22.0 Å². The number of benzene rings is 2. The van der Waals surface area contributed by atoms with Crippen LogP contribution in [0, 0.1) is 5.82 Å². The molecule has 0 aliphatic heterocycles. The molecular formula is C19H17FN2O2. The summed E-state index contributed by atoms with van der Waals surface area (Å²) in [5.41, 5.74) is 2.61. The van der Waals surface area contributed by atoms with Crippen molar-refractivity contribution >= 4 is 23.1 Å². The third-order valence-electron chi connectivity index (χ3n) is 3.55. The molecule has 0 fully saturated rings. The second-order valence-corrected chi connectivity index (χ2v) is 5.28. The summed E-state index contributed by atoms with van der Waals surface area (Å²) in [6.07, 6.45) is 5.02. The van der Waals surface area contributed by atoms with Gasteiger partial charge in [0, 0.05) is 23.6 Å². The first-order chi connectivity index (χ1) is 11.7. The summed E-state index contributed by atoms with van der Waals surface area (Å²) in [4.78, 5) is 14.6. The van der Waals surface area contributed by atoms with Crippen LogP contribution in [0.25, 0.3) is 17.0 Å². The Morgan fingerprint density at radius 2 is 2.04 bits per heavy atom. The van der Waals surface area contributed by atoms with Crippen LogP contribution in [0.3, 0.4) is 0 Å². The topological polar surface area (TPSA) is 54.1 Å². The highest BCUT2D eigenvalue weighted by Crippen LogP contribution is 2.20. The molecule has 3 aromatic rings. The van der Waals surface area contributed by atoms with Gasteiger partial charge in [0.15, 0.2) is 0 Å². The molecule has 2 aromatic carbocycles. The van der Waals surface area contributed by atoms with E-state index in [-0.39, 0.29) is 12.4 Å². The second-order valence-electron chi connectivity index (χ2n) is 5.28. The van der Waals surface area contributed by atoms with Gasteiger partial charge in [-0.05, 0) is 29.3 Å². The molecule has 4 nitrogen and oxygen atoms in total. The molecular weight excluding hydrogens is 307 g/mol. The van der Waals surface area contributed by atoms with Crippen LogP contribution in [0.4, 0.5) is 9.18 Å². The molecule has 0 saturated carbocycles. The van der Waals surface area contributed by atoms with E-state index in [1.54, 1.807) is 12.3 Å². The maximum Gasteiger partial charge on any atom is 0.407 e. The smallest absolute Gasteiger partial charge is 0.407 e. The summed E-state index contributed by atoms with van der Waals surface area (Å²) < 4.78 is 18.3. The molecule has 1 aromatic heterocycles. The van der Waals surface area contributed by atoms with E-state index in [4.69, 9.17) is 4.74 Å². The zero-order valence-corrected chi connectivity index (χ0v) is 13.0. The molecule has 3 rings (SSSR count). The van der Waals surface area contributed by atoms with Gasteiger partial charge in [0.05, 0.1) is 0 Å². The lowest BCUT2D eigenvalue weighted by atomic mass is 10.1. The molecule has 1 amide bonds. The van der Waals surface area contributed by atoms with E-state index in [0.29, 0.717) is 6.54 Å². The van der Waals surface area contributed by atoms with Crippen molar-refractivity contribution in [1.82, 2.24) is 10.3 Å². The van der Waals surface area contributed by atoms with Crippen molar-refractivity contribution in [2.75, 3.05) is 6.54 Å². The number of rotatable bonds is 5. The maximum absolute atomic E-state index is 13.1. The maximum atomic E-state index is 13.1. The van der Waals surface area contributed by atoms with E-state index in [1.807, 2.05) is 42.5 Å². The van der Waals surface area contributed by atoms with Crippen LogP contribution in [-0.4, -0.2) is 17.6 Å². The van der Waals surface area contributed by atoms with Gasteiger partial charge in [-0.2, -0.15) is 0 Å². The van der Waals surface area contributed by atoms with Gasteiger partial charge in [0.25, 0.3) is 0 Å². The van der Waals surface area contributed by atoms with Crippen LogP contribution in [-0.2, 0) is 11.3 Å². The van der Waals surface area contributed by atoms with Crippen molar-refractivity contribution in [1.29, 1.82) is 0 Å². The molecule has 0 bridgehead atoms. The van der Waals surface area contributed by atoms with Gasteiger partial charge in [0.1, 0.15) is 12.4 Å². The van der Waals surface area contributed by atoms with Gasteiger partial charge >= 0.3 is 6.09 Å². The fourth-order valence-corrected chi connectivity index (χ4v) is 2.36. The monoisotopic (exact) mass is 324 g/mol. The number of halogens is 1. The number of alkyl carbamates (subject to hydrolysis) is 1. The average molecular weight is 324 g/mol. The highest BCUT2D eigenvalue weighted by Gasteiger charge is 2.02. The lowest BCUT2D eigenvalue weighted by molar-refractivity contribution is 0.141. The molecule has 5 heteroatoms. The number of aromatic nitrogens is 1. The van der Waals surface area contributed by atoms with Crippen LogP contribution >= 0.6 is 0 Å². The Morgan fingerprint density at radius 3 is 2.88 bits per heavy atom. The third kappa shape index (κ3) is 4.01. The minimum Gasteiger partial charge on any atom is -0.445 e. The largest absolute Gasteiger partial charge is 0.445 e. The summed E-state index contributed by atoms with van der Waals surface area (Å²) in [7, 11) is 0. The Kier molecular flexibility index (Phi) is 4.91. The van der Waals surface area contributed by atoms with Crippen molar-refractivity contribution in [2.45, 2.75) is 6.61 Å². The van der Waals surface area contributed by atoms with Crippen LogP contribution in [0.15, 0.2) is 60.8 Å². The number of carbonyl (C=O) groups excluding carboxylic acids is 1. The molecule has 1 heterocycles. The van der Waals surface area contributed by atoms with Crippen LogP contribution in [0.1, 0.15) is 11.1 Å². The number of hydrogen-bond acceptors (Lipinski definition) is 2. The summed E-state index contributed by atoms with van der Waals surface area (Å²) in [6.45, 7) is 0.589. The molecule has 2 N–H and O–H groups in total. The number of nitrogens with one attached hydrogen (secondary N) is 2. The van der Waals surface area contributed by atoms with E-state index >= 15 is 0 Å². The van der Waals surface area contributed by atoms with E-state index in [9.17, 15) is 9.18 Å². The number of amides is 1. The van der Waals surface area contributed by atoms with E-state index in [1.165, 1.54) is 12.1 Å². The standard InChI is InChI=1S/C19H17FN2O2/c20-16-8-9-17-15(12-22-18(17)11-16)7-4-10-21-19(23)24-13-14-5-2-1-3-6-14/h1-9,11-12,22H,10,13H2,(H,21,23). The van der Waals surface area contributed by atoms with Crippen molar-refractivity contribution in [2.24, 2.45) is 0 Å². The Morgan fingerprint density at radius 1 is 1.21 bits per heavy atom. The number of H-pyrrole nitrogens is 1. The summed E-state index contributed by atoms with van der Waals surface area (Å²) >= 11 is 0. The van der Waals surface area contributed by atoms with Crippen LogP contribution < -0.4 is 5.32 Å². The highest BCUT2D eigenvalue weighted by atomic mass is 19.1. The summed E-state index contributed by atoms with van der Waals surface area (Å²) in [5.74, 6) is -0.275. The first-order valence-electron chi connectivity index (χ1n) is 7.60. The minimum atomic E-state index is -0.468. The predicted octanol–water partition coefficient (Wildman–Crippen LogP) is 4.25. The molecule has 0 unspecified atom stereocenters. The normalized spacial score (nSPS) is 11.0. The van der Waals surface area contributed by atoms with Gasteiger partial charge in [-0.25, -0.2) is 9.18 Å². The van der Waals surface area contributed by atoms with Crippen molar-refractivity contribution in [3.63, 3.8) is 0 Å². The summed E-state index contributed by atoms with van der Waals surface area (Å²) in [6, 6.07) is 14.1. The quantitative estimate of drug-likeness (QED) is 0.737. The average Bonchev–Trinajstić information content (AvgIpc) is 3.00. The molecule has 0 saturated heterocycles. The molecule has 0 spiro atoms. The summed E-state index contributed by atoms with van der Waals surface area (Å²) in [5, 5.41) is 3.58. The predicted molar refractivity (Wildman–Crippen MR) is 91.9 cm³/mol. The van der Waals surface area contributed by atoms with E-state index < -0.39 is 6.09 Å². The Labute approximate surface area is 139 Å². The molecule has 24 heavy (non-hydrogen) atoms. The zero-order valence-electron chi connectivity index (χ0n) is 13.0. The molecule has 0 aliphatic rings. The van der Waals surface area contributed by atoms with E-state index in [2.05, 4.69) is 10.3 Å². The number of aromatic amines is 1. The molecule has 0 radical (unpaired) electrons. The van der Waals surface area contributed by atoms with Crippen LogP contribution in [0.5, 0.6) is 0 Å². The van der Waals surface area contributed by atoms with Gasteiger partial charge in [-0.1, -0.05) is 42.5 Å². The van der Waals surface area contributed by atoms with Crippen LogP contribution in [0.2, 0.25) is 0 Å². The third-order valence-corrected chi connectivity index (χ3v) is 3.55. The lowest BCUT2D eigenvalue weighted by Gasteiger charge is -2.05. The molecule has 122 valence electrons. The second kappa shape index (κ2) is 7.46. The van der Waals surface area contributed by atoms with Gasteiger partial charge < -0.3 is 15.0 Å². The minimum absolute atomic E-state index is 0.240. The Balaban J connectivity index is 1.48. The first-order valence-corrected chi connectivity index (χ1v) is 7.60. The van der Waals surface area contributed by atoms with Gasteiger partial charge in [-0.15, -0.1) is 0 Å². The number of fused-ring (bicyclic) bond motifs is 1. The van der Waals surface area contributed by atoms with Gasteiger partial charge in [0.2, 0.25) is 0 Å². The number of carbonyl (C=O) groups is 1. The molecule has 0 atom stereocenters. The zero-order chi connectivity index (χ0) is 16.8. The van der Waals surface area contributed by atoms with Crippen molar-refractivity contribution in [3.05, 3.63) is 77.7 Å². The Hall–Kier alpha value is -3.08. The first kappa shape index (κ1) is 15.8. The lowest BCUT2D eigenvalue weighted by Crippen LogP contribution is -2.24. The fourth-order valence-electron chi connectivity index (χ4n) is 2.36. The SMILES string of the molecule is O=C(NCC=Cc1c[nH]c2cc(F)ccc12)OCc1ccccc1. The number of hydrogen-bond donors (Lipinski definition) is 2. The highest BCUT2D eigenvalue weighted by molar-refractivity contribution is 5.88.